The maximum Gasteiger partial charge on any atom is 0.337 e. The van der Waals surface area contributed by atoms with E-state index >= 15 is 0 Å². The average molecular weight is 441 g/mol. The van der Waals surface area contributed by atoms with Gasteiger partial charge in [-0.1, -0.05) is 29.8 Å². The van der Waals surface area contributed by atoms with E-state index in [0.29, 0.717) is 10.3 Å². The third-order valence-corrected chi connectivity index (χ3v) is 4.70. The van der Waals surface area contributed by atoms with Gasteiger partial charge in [-0.2, -0.15) is 0 Å². The molecule has 0 aliphatic carbocycles. The van der Waals surface area contributed by atoms with E-state index in [1.165, 1.54) is 12.2 Å². The Bertz CT molecular complexity index is 1180. The van der Waals surface area contributed by atoms with Crippen LogP contribution in [-0.4, -0.2) is 32.1 Å². The highest BCUT2D eigenvalue weighted by Gasteiger charge is 2.17. The SMILES string of the molecule is C=CCn1c(=O)n(CC=C)c(=O)n(CC(=O)NCC(=O)Nc2c(C)cc(C)cc2C)c1=O. The van der Waals surface area contributed by atoms with Gasteiger partial charge in [-0.05, 0) is 31.9 Å². The first-order chi connectivity index (χ1) is 15.1. The van der Waals surface area contributed by atoms with Gasteiger partial charge in [0.05, 0.1) is 19.6 Å². The molecule has 0 saturated heterocycles. The molecule has 0 radical (unpaired) electrons. The molecule has 0 unspecified atom stereocenters. The highest BCUT2D eigenvalue weighted by atomic mass is 16.2. The van der Waals surface area contributed by atoms with Crippen LogP contribution in [0.5, 0.6) is 0 Å². The number of carbonyl (C=O) groups excluding carboxylic acids is 2. The molecule has 0 bridgehead atoms. The van der Waals surface area contributed by atoms with E-state index < -0.39 is 35.4 Å². The van der Waals surface area contributed by atoms with Crippen LogP contribution in [-0.2, 0) is 29.2 Å². The third kappa shape index (κ3) is 5.39. The molecule has 0 spiro atoms. The van der Waals surface area contributed by atoms with Gasteiger partial charge in [0.15, 0.2) is 0 Å². The Balaban J connectivity index is 2.18. The number of hydrogen-bond acceptors (Lipinski definition) is 5. The largest absolute Gasteiger partial charge is 0.345 e. The molecule has 2 amide bonds. The molecule has 1 heterocycles. The van der Waals surface area contributed by atoms with Gasteiger partial charge >= 0.3 is 17.1 Å². The van der Waals surface area contributed by atoms with E-state index in [0.717, 1.165) is 25.8 Å². The van der Waals surface area contributed by atoms with E-state index in [1.807, 2.05) is 32.9 Å². The summed E-state index contributed by atoms with van der Waals surface area (Å²) < 4.78 is 2.22. The Morgan fingerprint density at radius 3 is 1.78 bits per heavy atom. The summed E-state index contributed by atoms with van der Waals surface area (Å²) in [6, 6.07) is 3.86. The minimum atomic E-state index is -0.939. The van der Waals surface area contributed by atoms with E-state index in [2.05, 4.69) is 23.8 Å². The van der Waals surface area contributed by atoms with Gasteiger partial charge in [0.2, 0.25) is 11.8 Å². The lowest BCUT2D eigenvalue weighted by atomic mass is 10.1. The molecule has 0 fully saturated rings. The molecule has 32 heavy (non-hydrogen) atoms. The molecule has 170 valence electrons. The molecule has 0 atom stereocenters. The van der Waals surface area contributed by atoms with Crippen molar-refractivity contribution >= 4 is 17.5 Å². The lowest BCUT2D eigenvalue weighted by Crippen LogP contribution is -2.55. The zero-order valence-corrected chi connectivity index (χ0v) is 18.4. The molecule has 2 aromatic rings. The second-order valence-corrected chi connectivity index (χ2v) is 7.33. The lowest BCUT2D eigenvalue weighted by Gasteiger charge is -2.14. The molecule has 0 aliphatic heterocycles. The average Bonchev–Trinajstić information content (AvgIpc) is 2.73. The standard InChI is InChI=1S/C22H27N5O5/c1-6-8-25-20(30)26(9-7-2)22(32)27(21(25)31)13-18(29)23-12-17(28)24-19-15(4)10-14(3)11-16(19)5/h6-7,10-11H,1-2,8-9,12-13H2,3-5H3,(H,23,29)(H,24,28). The van der Waals surface area contributed by atoms with Gasteiger partial charge in [0, 0.05) is 5.69 Å². The molecule has 0 aliphatic rings. The number of nitrogens with zero attached hydrogens (tertiary/aromatic N) is 3. The van der Waals surface area contributed by atoms with Crippen LogP contribution in [0.4, 0.5) is 5.69 Å². The van der Waals surface area contributed by atoms with Crippen LogP contribution in [0.3, 0.4) is 0 Å². The second-order valence-electron chi connectivity index (χ2n) is 7.33. The van der Waals surface area contributed by atoms with Crippen LogP contribution in [0, 0.1) is 20.8 Å². The molecule has 1 aromatic carbocycles. The van der Waals surface area contributed by atoms with Crippen molar-refractivity contribution in [3.63, 3.8) is 0 Å². The number of aryl methyl sites for hydroxylation is 3. The number of hydrogen-bond donors (Lipinski definition) is 2. The van der Waals surface area contributed by atoms with E-state index in [1.54, 1.807) is 0 Å². The van der Waals surface area contributed by atoms with Crippen molar-refractivity contribution in [1.29, 1.82) is 0 Å². The van der Waals surface area contributed by atoms with Crippen molar-refractivity contribution in [2.24, 2.45) is 0 Å². The lowest BCUT2D eigenvalue weighted by molar-refractivity contribution is -0.124. The summed E-state index contributed by atoms with van der Waals surface area (Å²) >= 11 is 0. The highest BCUT2D eigenvalue weighted by molar-refractivity contribution is 5.95. The Labute approximate surface area is 184 Å². The minimum absolute atomic E-state index is 0.131. The molecule has 0 saturated carbocycles. The Morgan fingerprint density at radius 2 is 1.31 bits per heavy atom. The van der Waals surface area contributed by atoms with Crippen LogP contribution < -0.4 is 27.7 Å². The fraction of sp³-hybridized carbons (Fsp3) is 0.318. The molecule has 10 nitrogen and oxygen atoms in total. The minimum Gasteiger partial charge on any atom is -0.345 e. The van der Waals surface area contributed by atoms with Crippen molar-refractivity contribution < 1.29 is 9.59 Å². The number of rotatable bonds is 9. The van der Waals surface area contributed by atoms with Gasteiger partial charge in [-0.15, -0.1) is 13.2 Å². The summed E-state index contributed by atoms with van der Waals surface area (Å²) in [6.07, 6.45) is 2.66. The first-order valence-corrected chi connectivity index (χ1v) is 9.91. The van der Waals surface area contributed by atoms with Crippen LogP contribution >= 0.6 is 0 Å². The van der Waals surface area contributed by atoms with Crippen molar-refractivity contribution in [3.8, 4) is 0 Å². The number of amides is 2. The smallest absolute Gasteiger partial charge is 0.337 e. The van der Waals surface area contributed by atoms with Crippen molar-refractivity contribution in [1.82, 2.24) is 19.0 Å². The monoisotopic (exact) mass is 441 g/mol. The predicted molar refractivity (Wildman–Crippen MR) is 122 cm³/mol. The van der Waals surface area contributed by atoms with Gasteiger partial charge in [-0.3, -0.25) is 9.59 Å². The van der Waals surface area contributed by atoms with Crippen molar-refractivity contribution in [2.75, 3.05) is 11.9 Å². The van der Waals surface area contributed by atoms with Crippen LogP contribution in [0.25, 0.3) is 0 Å². The number of carbonyl (C=O) groups is 2. The normalized spacial score (nSPS) is 10.5. The third-order valence-electron chi connectivity index (χ3n) is 4.70. The van der Waals surface area contributed by atoms with Gasteiger partial charge in [0.25, 0.3) is 0 Å². The number of anilines is 1. The molecule has 2 N–H and O–H groups in total. The number of benzene rings is 1. The van der Waals surface area contributed by atoms with Crippen LogP contribution in [0.15, 0.2) is 51.8 Å². The van der Waals surface area contributed by atoms with Gasteiger partial charge in [0.1, 0.15) is 6.54 Å². The molecule has 2 rings (SSSR count). The summed E-state index contributed by atoms with van der Waals surface area (Å²) in [5, 5.41) is 5.14. The fourth-order valence-electron chi connectivity index (χ4n) is 3.33. The predicted octanol–water partition coefficient (Wildman–Crippen LogP) is 0.224. The fourth-order valence-corrected chi connectivity index (χ4v) is 3.33. The first-order valence-electron chi connectivity index (χ1n) is 9.91. The second kappa shape index (κ2) is 10.4. The van der Waals surface area contributed by atoms with Crippen molar-refractivity contribution in [3.05, 3.63) is 85.6 Å². The van der Waals surface area contributed by atoms with Gasteiger partial charge in [-0.25, -0.2) is 28.1 Å². The number of allylic oxidation sites excluding steroid dienone is 2. The summed E-state index contributed by atoms with van der Waals surface area (Å²) in [5.41, 5.74) is 0.810. The van der Waals surface area contributed by atoms with E-state index in [4.69, 9.17) is 0 Å². The zero-order valence-electron chi connectivity index (χ0n) is 18.4. The Hall–Kier alpha value is -3.95. The van der Waals surface area contributed by atoms with E-state index in [9.17, 15) is 24.0 Å². The van der Waals surface area contributed by atoms with Crippen LogP contribution in [0.2, 0.25) is 0 Å². The van der Waals surface area contributed by atoms with E-state index in [-0.39, 0.29) is 19.6 Å². The summed E-state index contributed by atoms with van der Waals surface area (Å²) in [6.45, 7) is 11.4. The van der Waals surface area contributed by atoms with Gasteiger partial charge < -0.3 is 10.6 Å². The quantitative estimate of drug-likeness (QED) is 0.539. The first kappa shape index (κ1) is 24.3. The zero-order chi connectivity index (χ0) is 24.0. The molecule has 1 aromatic heterocycles. The number of nitrogens with one attached hydrogen (secondary N) is 2. The summed E-state index contributed by atoms with van der Waals surface area (Å²) in [4.78, 5) is 62.1. The highest BCUT2D eigenvalue weighted by Crippen LogP contribution is 2.21. The number of aromatic nitrogens is 3. The van der Waals surface area contributed by atoms with Crippen LogP contribution in [0.1, 0.15) is 16.7 Å². The maximum absolute atomic E-state index is 12.6. The summed E-state index contributed by atoms with van der Waals surface area (Å²) in [5.74, 6) is -1.19. The topological polar surface area (TPSA) is 124 Å². The summed E-state index contributed by atoms with van der Waals surface area (Å²) in [7, 11) is 0. The van der Waals surface area contributed by atoms with Crippen molar-refractivity contribution in [2.45, 2.75) is 40.4 Å². The Kier molecular flexibility index (Phi) is 7.89. The Morgan fingerprint density at radius 1 is 0.844 bits per heavy atom. The molecule has 10 heteroatoms. The molecular formula is C22H27N5O5. The molecular weight excluding hydrogens is 414 g/mol. The maximum atomic E-state index is 12.6.